The van der Waals surface area contributed by atoms with Gasteiger partial charge in [0.1, 0.15) is 0 Å². The molecule has 1 unspecified atom stereocenters. The monoisotopic (exact) mass is 183 g/mol. The van der Waals surface area contributed by atoms with Crippen LogP contribution in [0.2, 0.25) is 0 Å². The van der Waals surface area contributed by atoms with Gasteiger partial charge in [-0.15, -0.1) is 0 Å². The fourth-order valence-electron chi connectivity index (χ4n) is 0.931. The van der Waals surface area contributed by atoms with Crippen LogP contribution >= 0.6 is 12.6 Å². The molecule has 1 aromatic rings. The van der Waals surface area contributed by atoms with Gasteiger partial charge in [-0.2, -0.15) is 12.6 Å². The molecular weight excluding hydrogens is 174 g/mol. The van der Waals surface area contributed by atoms with Crippen LogP contribution in [0.25, 0.3) is 0 Å². The van der Waals surface area contributed by atoms with E-state index >= 15 is 0 Å². The van der Waals surface area contributed by atoms with E-state index in [1.54, 1.807) is 19.2 Å². The molecule has 12 heavy (non-hydrogen) atoms. The lowest BCUT2D eigenvalue weighted by Gasteiger charge is -2.05. The molecule has 0 aliphatic carbocycles. The van der Waals surface area contributed by atoms with Crippen molar-refractivity contribution in [3.8, 4) is 0 Å². The number of thiol groups is 1. The summed E-state index contributed by atoms with van der Waals surface area (Å²) in [4.78, 5) is 14.6. The van der Waals surface area contributed by atoms with Gasteiger partial charge in [0, 0.05) is 11.4 Å². The van der Waals surface area contributed by atoms with E-state index in [4.69, 9.17) is 5.11 Å². The Kier molecular flexibility index (Phi) is 2.70. The largest absolute Gasteiger partial charge is 0.478 e. The van der Waals surface area contributed by atoms with E-state index in [1.807, 2.05) is 0 Å². The predicted octanol–water partition coefficient (Wildman–Crippen LogP) is 1.77. The molecule has 1 N–H and O–H groups in total. The molecule has 0 aliphatic rings. The third-order valence-corrected chi connectivity index (χ3v) is 1.71. The number of carboxylic acid groups (broad SMARTS) is 1. The Bertz CT molecular complexity index is 299. The standard InChI is InChI=1S/C8H9NO2S/c1-5(12)7-6(8(10)11)3-2-4-9-7/h2-5,12H,1H3,(H,10,11). The summed E-state index contributed by atoms with van der Waals surface area (Å²) in [6.07, 6.45) is 1.56. The molecule has 0 aliphatic heterocycles. The Balaban J connectivity index is 3.17. The van der Waals surface area contributed by atoms with Crippen LogP contribution in [0.15, 0.2) is 18.3 Å². The second kappa shape index (κ2) is 3.58. The molecule has 0 amide bonds. The van der Waals surface area contributed by atoms with Gasteiger partial charge in [0.2, 0.25) is 0 Å². The van der Waals surface area contributed by atoms with E-state index in [2.05, 4.69) is 17.6 Å². The molecule has 0 aromatic carbocycles. The maximum Gasteiger partial charge on any atom is 0.337 e. The van der Waals surface area contributed by atoms with E-state index in [9.17, 15) is 4.79 Å². The highest BCUT2D eigenvalue weighted by Gasteiger charge is 2.12. The van der Waals surface area contributed by atoms with Crippen LogP contribution < -0.4 is 0 Å². The topological polar surface area (TPSA) is 50.2 Å². The first-order chi connectivity index (χ1) is 5.63. The molecule has 0 saturated heterocycles. The minimum Gasteiger partial charge on any atom is -0.478 e. The Morgan fingerprint density at radius 1 is 1.75 bits per heavy atom. The number of pyridine rings is 1. The average Bonchev–Trinajstić information content (AvgIpc) is 2.04. The highest BCUT2D eigenvalue weighted by atomic mass is 32.1. The summed E-state index contributed by atoms with van der Waals surface area (Å²) < 4.78 is 0. The zero-order chi connectivity index (χ0) is 9.14. The highest BCUT2D eigenvalue weighted by molar-refractivity contribution is 7.80. The predicted molar refractivity (Wildman–Crippen MR) is 48.6 cm³/mol. The number of aromatic carboxylic acids is 1. The van der Waals surface area contributed by atoms with Crippen molar-refractivity contribution in [2.24, 2.45) is 0 Å². The Hall–Kier alpha value is -1.03. The number of carbonyl (C=O) groups is 1. The van der Waals surface area contributed by atoms with E-state index < -0.39 is 5.97 Å². The van der Waals surface area contributed by atoms with Crippen molar-refractivity contribution in [2.45, 2.75) is 12.2 Å². The second-order valence-corrected chi connectivity index (χ2v) is 3.19. The number of hydrogen-bond donors (Lipinski definition) is 2. The third-order valence-electron chi connectivity index (χ3n) is 1.46. The summed E-state index contributed by atoms with van der Waals surface area (Å²) in [5.41, 5.74) is 0.730. The van der Waals surface area contributed by atoms with E-state index in [0.717, 1.165) is 0 Å². The summed E-state index contributed by atoms with van der Waals surface area (Å²) in [7, 11) is 0. The van der Waals surface area contributed by atoms with Gasteiger partial charge in [0.05, 0.1) is 11.3 Å². The molecule has 0 bridgehead atoms. The van der Waals surface area contributed by atoms with Crippen molar-refractivity contribution in [1.29, 1.82) is 0 Å². The van der Waals surface area contributed by atoms with Crippen molar-refractivity contribution >= 4 is 18.6 Å². The summed E-state index contributed by atoms with van der Waals surface area (Å²) >= 11 is 4.13. The van der Waals surface area contributed by atoms with Crippen molar-refractivity contribution in [3.63, 3.8) is 0 Å². The SMILES string of the molecule is CC(S)c1ncccc1C(=O)O. The first-order valence-electron chi connectivity index (χ1n) is 3.49. The van der Waals surface area contributed by atoms with Gasteiger partial charge in [-0.3, -0.25) is 4.98 Å². The van der Waals surface area contributed by atoms with Crippen molar-refractivity contribution in [3.05, 3.63) is 29.6 Å². The van der Waals surface area contributed by atoms with Gasteiger partial charge in [-0.25, -0.2) is 4.79 Å². The summed E-state index contributed by atoms with van der Waals surface area (Å²) in [6, 6.07) is 3.13. The van der Waals surface area contributed by atoms with Gasteiger partial charge in [0.25, 0.3) is 0 Å². The summed E-state index contributed by atoms with van der Waals surface area (Å²) in [5.74, 6) is -0.959. The molecule has 0 saturated carbocycles. The van der Waals surface area contributed by atoms with Crippen molar-refractivity contribution < 1.29 is 9.90 Å². The second-order valence-electron chi connectivity index (χ2n) is 2.42. The molecule has 4 heteroatoms. The van der Waals surface area contributed by atoms with Crippen LogP contribution in [0.4, 0.5) is 0 Å². The maximum atomic E-state index is 10.7. The summed E-state index contributed by atoms with van der Waals surface area (Å²) in [5, 5.41) is 8.59. The van der Waals surface area contributed by atoms with Crippen molar-refractivity contribution in [1.82, 2.24) is 4.98 Å². The average molecular weight is 183 g/mol. The maximum absolute atomic E-state index is 10.7. The van der Waals surface area contributed by atoms with Gasteiger partial charge in [0.15, 0.2) is 0 Å². The lowest BCUT2D eigenvalue weighted by atomic mass is 10.1. The molecule has 64 valence electrons. The summed E-state index contributed by atoms with van der Waals surface area (Å²) in [6.45, 7) is 1.79. The van der Waals surface area contributed by atoms with Crippen LogP contribution in [0.3, 0.4) is 0 Å². The smallest absolute Gasteiger partial charge is 0.337 e. The van der Waals surface area contributed by atoms with Crippen LogP contribution in [-0.2, 0) is 0 Å². The van der Waals surface area contributed by atoms with E-state index in [0.29, 0.717) is 5.69 Å². The lowest BCUT2D eigenvalue weighted by molar-refractivity contribution is 0.0695. The Morgan fingerprint density at radius 3 is 2.83 bits per heavy atom. The zero-order valence-corrected chi connectivity index (χ0v) is 7.45. The van der Waals surface area contributed by atoms with Crippen LogP contribution in [0.1, 0.15) is 28.2 Å². The first-order valence-corrected chi connectivity index (χ1v) is 4.01. The highest BCUT2D eigenvalue weighted by Crippen LogP contribution is 2.19. The van der Waals surface area contributed by atoms with Crippen LogP contribution in [-0.4, -0.2) is 16.1 Å². The van der Waals surface area contributed by atoms with Gasteiger partial charge < -0.3 is 5.11 Å². The van der Waals surface area contributed by atoms with Crippen molar-refractivity contribution in [2.75, 3.05) is 0 Å². The molecule has 0 spiro atoms. The minimum absolute atomic E-state index is 0.155. The molecule has 1 atom stereocenters. The van der Waals surface area contributed by atoms with Crippen LogP contribution in [0, 0.1) is 0 Å². The molecule has 0 radical (unpaired) electrons. The Labute approximate surface area is 75.9 Å². The normalized spacial score (nSPS) is 12.5. The molecular formula is C8H9NO2S. The number of rotatable bonds is 2. The molecule has 1 rings (SSSR count). The van der Waals surface area contributed by atoms with Gasteiger partial charge in [-0.1, -0.05) is 0 Å². The molecule has 1 heterocycles. The lowest BCUT2D eigenvalue weighted by Crippen LogP contribution is -2.04. The molecule has 1 aromatic heterocycles. The zero-order valence-electron chi connectivity index (χ0n) is 6.56. The van der Waals surface area contributed by atoms with Crippen LogP contribution in [0.5, 0.6) is 0 Å². The number of carboxylic acids is 1. The minimum atomic E-state index is -0.959. The Morgan fingerprint density at radius 2 is 2.42 bits per heavy atom. The van der Waals surface area contributed by atoms with Gasteiger partial charge >= 0.3 is 5.97 Å². The van der Waals surface area contributed by atoms with Gasteiger partial charge in [-0.05, 0) is 19.1 Å². The number of aromatic nitrogens is 1. The fourth-order valence-corrected chi connectivity index (χ4v) is 1.14. The van der Waals surface area contributed by atoms with E-state index in [-0.39, 0.29) is 10.8 Å². The number of hydrogen-bond acceptors (Lipinski definition) is 3. The van der Waals surface area contributed by atoms with E-state index in [1.165, 1.54) is 6.07 Å². The molecule has 0 fully saturated rings. The first kappa shape index (κ1) is 9.06. The molecule has 3 nitrogen and oxygen atoms in total. The fraction of sp³-hybridized carbons (Fsp3) is 0.250. The quantitative estimate of drug-likeness (QED) is 0.687. The third kappa shape index (κ3) is 1.76. The number of nitrogens with zero attached hydrogens (tertiary/aromatic N) is 1.